The molecule has 0 spiro atoms. The Morgan fingerprint density at radius 3 is 2.66 bits per heavy atom. The monoisotopic (exact) mass is 394 g/mol. The molecule has 2 aliphatic rings. The summed E-state index contributed by atoms with van der Waals surface area (Å²) in [5, 5.41) is 15.7. The van der Waals surface area contributed by atoms with Gasteiger partial charge in [-0.25, -0.2) is 9.59 Å². The van der Waals surface area contributed by atoms with Crippen molar-refractivity contribution in [2.75, 3.05) is 29.9 Å². The van der Waals surface area contributed by atoms with Crippen molar-refractivity contribution in [1.29, 1.82) is 0 Å². The van der Waals surface area contributed by atoms with Crippen LogP contribution in [0.3, 0.4) is 0 Å². The molecule has 1 aliphatic carbocycles. The minimum Gasteiger partial charge on any atom is -0.394 e. The molecule has 4 rings (SSSR count). The molecular weight excluding hydrogens is 368 g/mol. The topological polar surface area (TPSA) is 84.9 Å². The third-order valence-corrected chi connectivity index (χ3v) is 5.48. The summed E-state index contributed by atoms with van der Waals surface area (Å²) < 4.78 is 0. The molecule has 3 N–H and O–H groups in total. The Morgan fingerprint density at radius 2 is 2.00 bits per heavy atom. The summed E-state index contributed by atoms with van der Waals surface area (Å²) in [5.74, 6) is 0.342. The molecule has 2 fully saturated rings. The molecule has 1 saturated heterocycles. The van der Waals surface area contributed by atoms with Gasteiger partial charge in [-0.2, -0.15) is 0 Å². The van der Waals surface area contributed by atoms with Crippen LogP contribution in [0.5, 0.6) is 0 Å². The van der Waals surface area contributed by atoms with Crippen LogP contribution in [0, 0.1) is 5.92 Å². The number of carbonyl (C=O) groups excluding carboxylic acids is 2. The minimum atomic E-state index is -0.247. The first-order valence-corrected chi connectivity index (χ1v) is 10.0. The molecule has 152 valence electrons. The maximum Gasteiger partial charge on any atom is 0.322 e. The second kappa shape index (κ2) is 8.53. The van der Waals surface area contributed by atoms with E-state index < -0.39 is 0 Å². The van der Waals surface area contributed by atoms with Gasteiger partial charge in [0, 0.05) is 31.0 Å². The lowest BCUT2D eigenvalue weighted by Gasteiger charge is -2.31. The quantitative estimate of drug-likeness (QED) is 0.675. The Labute approximate surface area is 170 Å². The van der Waals surface area contributed by atoms with Crippen molar-refractivity contribution < 1.29 is 14.7 Å². The van der Waals surface area contributed by atoms with Gasteiger partial charge < -0.3 is 20.6 Å². The van der Waals surface area contributed by atoms with Gasteiger partial charge in [0.2, 0.25) is 0 Å². The van der Waals surface area contributed by atoms with E-state index >= 15 is 0 Å². The van der Waals surface area contributed by atoms with Crippen LogP contribution in [-0.4, -0.2) is 47.8 Å². The van der Waals surface area contributed by atoms with Crippen molar-refractivity contribution in [3.05, 3.63) is 60.2 Å². The van der Waals surface area contributed by atoms with Crippen LogP contribution in [-0.2, 0) is 6.54 Å². The number of aliphatic hydroxyl groups excluding tert-OH is 1. The SMILES string of the molecule is O=C1NCCN1c1cccc(NC(=O)N(Cc2ccccc2)C(CO)C2CC2)c1. The van der Waals surface area contributed by atoms with Gasteiger partial charge in [-0.05, 0) is 42.5 Å². The van der Waals surface area contributed by atoms with Crippen LogP contribution in [0.4, 0.5) is 21.0 Å². The molecule has 1 heterocycles. The lowest BCUT2D eigenvalue weighted by Crippen LogP contribution is -2.45. The number of nitrogens with one attached hydrogen (secondary N) is 2. The van der Waals surface area contributed by atoms with Crippen molar-refractivity contribution in [3.63, 3.8) is 0 Å². The fourth-order valence-corrected chi connectivity index (χ4v) is 3.77. The van der Waals surface area contributed by atoms with E-state index in [1.807, 2.05) is 42.5 Å². The van der Waals surface area contributed by atoms with E-state index in [0.29, 0.717) is 31.2 Å². The molecule has 1 saturated carbocycles. The number of hydrogen-bond donors (Lipinski definition) is 3. The molecule has 4 amide bonds. The van der Waals surface area contributed by atoms with Crippen LogP contribution in [0.25, 0.3) is 0 Å². The van der Waals surface area contributed by atoms with Crippen molar-refractivity contribution >= 4 is 23.4 Å². The van der Waals surface area contributed by atoms with E-state index in [2.05, 4.69) is 10.6 Å². The van der Waals surface area contributed by atoms with Crippen LogP contribution in [0.15, 0.2) is 54.6 Å². The van der Waals surface area contributed by atoms with Gasteiger partial charge in [-0.1, -0.05) is 36.4 Å². The van der Waals surface area contributed by atoms with E-state index in [1.165, 1.54) is 0 Å². The highest BCUT2D eigenvalue weighted by Crippen LogP contribution is 2.36. The molecule has 2 aromatic rings. The molecule has 7 nitrogen and oxygen atoms in total. The average molecular weight is 394 g/mol. The average Bonchev–Trinajstić information content (AvgIpc) is 3.48. The fraction of sp³-hybridized carbons (Fsp3) is 0.364. The van der Waals surface area contributed by atoms with Crippen LogP contribution >= 0.6 is 0 Å². The molecular formula is C22H26N4O3. The molecule has 0 radical (unpaired) electrons. The van der Waals surface area contributed by atoms with Gasteiger partial charge in [-0.15, -0.1) is 0 Å². The van der Waals surface area contributed by atoms with Crippen molar-refractivity contribution in [2.45, 2.75) is 25.4 Å². The second-order valence-corrected chi connectivity index (χ2v) is 7.56. The summed E-state index contributed by atoms with van der Waals surface area (Å²) in [5.41, 5.74) is 2.38. The van der Waals surface area contributed by atoms with E-state index in [0.717, 1.165) is 24.1 Å². The van der Waals surface area contributed by atoms with Gasteiger partial charge >= 0.3 is 12.1 Å². The summed E-state index contributed by atoms with van der Waals surface area (Å²) in [6.45, 7) is 1.59. The first kappa shape index (κ1) is 19.3. The zero-order valence-corrected chi connectivity index (χ0v) is 16.3. The van der Waals surface area contributed by atoms with Crippen LogP contribution in [0.2, 0.25) is 0 Å². The molecule has 7 heteroatoms. The van der Waals surface area contributed by atoms with Gasteiger partial charge in [0.25, 0.3) is 0 Å². The third kappa shape index (κ3) is 4.51. The maximum atomic E-state index is 13.2. The summed E-state index contributed by atoms with van der Waals surface area (Å²) in [7, 11) is 0. The van der Waals surface area contributed by atoms with Crippen molar-refractivity contribution in [2.24, 2.45) is 5.92 Å². The van der Waals surface area contributed by atoms with E-state index in [1.54, 1.807) is 21.9 Å². The van der Waals surface area contributed by atoms with E-state index in [-0.39, 0.29) is 24.7 Å². The highest BCUT2D eigenvalue weighted by Gasteiger charge is 2.37. The molecule has 2 aromatic carbocycles. The number of urea groups is 2. The Morgan fingerprint density at radius 1 is 1.21 bits per heavy atom. The number of benzene rings is 2. The normalized spacial score (nSPS) is 17.0. The Hall–Kier alpha value is -3.06. The van der Waals surface area contributed by atoms with E-state index in [9.17, 15) is 14.7 Å². The number of aliphatic hydroxyl groups is 1. The van der Waals surface area contributed by atoms with Gasteiger partial charge in [-0.3, -0.25) is 4.90 Å². The van der Waals surface area contributed by atoms with Crippen LogP contribution in [0.1, 0.15) is 18.4 Å². The first-order valence-electron chi connectivity index (χ1n) is 10.0. The van der Waals surface area contributed by atoms with Crippen molar-refractivity contribution in [3.8, 4) is 0 Å². The van der Waals surface area contributed by atoms with E-state index in [4.69, 9.17) is 0 Å². The summed E-state index contributed by atoms with van der Waals surface area (Å²) in [4.78, 5) is 28.5. The van der Waals surface area contributed by atoms with Gasteiger partial charge in [0.05, 0.1) is 12.6 Å². The predicted molar refractivity (Wildman–Crippen MR) is 112 cm³/mol. The number of amides is 4. The molecule has 0 bridgehead atoms. The highest BCUT2D eigenvalue weighted by molar-refractivity contribution is 5.95. The number of anilines is 2. The summed E-state index contributed by atoms with van der Waals surface area (Å²) >= 11 is 0. The number of nitrogens with zero attached hydrogens (tertiary/aromatic N) is 2. The molecule has 29 heavy (non-hydrogen) atoms. The zero-order chi connectivity index (χ0) is 20.2. The Kier molecular flexibility index (Phi) is 5.67. The number of carbonyl (C=O) groups is 2. The second-order valence-electron chi connectivity index (χ2n) is 7.56. The third-order valence-electron chi connectivity index (χ3n) is 5.48. The lowest BCUT2D eigenvalue weighted by atomic mass is 10.1. The fourth-order valence-electron chi connectivity index (χ4n) is 3.77. The Balaban J connectivity index is 1.52. The summed E-state index contributed by atoms with van der Waals surface area (Å²) in [6, 6.07) is 16.5. The zero-order valence-electron chi connectivity index (χ0n) is 16.3. The molecule has 1 unspecified atom stereocenters. The lowest BCUT2D eigenvalue weighted by molar-refractivity contribution is 0.124. The maximum absolute atomic E-state index is 13.2. The largest absolute Gasteiger partial charge is 0.394 e. The van der Waals surface area contributed by atoms with Crippen molar-refractivity contribution in [1.82, 2.24) is 10.2 Å². The highest BCUT2D eigenvalue weighted by atomic mass is 16.3. The molecule has 1 atom stereocenters. The standard InChI is InChI=1S/C22H26N4O3/c27-15-20(17-9-10-17)26(14-16-5-2-1-3-6-16)22(29)24-18-7-4-8-19(13-18)25-12-11-23-21(25)28/h1-8,13,17,20,27H,9-12,14-15H2,(H,23,28)(H,24,29). The number of rotatable bonds is 7. The Bertz CT molecular complexity index is 869. The molecule has 1 aliphatic heterocycles. The summed E-state index contributed by atoms with van der Waals surface area (Å²) in [6.07, 6.45) is 2.06. The molecule has 0 aromatic heterocycles. The van der Waals surface area contributed by atoms with Gasteiger partial charge in [0.1, 0.15) is 0 Å². The van der Waals surface area contributed by atoms with Crippen LogP contribution < -0.4 is 15.5 Å². The predicted octanol–water partition coefficient (Wildman–Crippen LogP) is 3.02. The van der Waals surface area contributed by atoms with Gasteiger partial charge in [0.15, 0.2) is 0 Å². The smallest absolute Gasteiger partial charge is 0.322 e. The number of hydrogen-bond acceptors (Lipinski definition) is 3. The first-order chi connectivity index (χ1) is 14.2. The minimum absolute atomic E-state index is 0.0566.